The maximum atomic E-state index is 2.59. The van der Waals surface area contributed by atoms with Crippen LogP contribution < -0.4 is 0 Å². The van der Waals surface area contributed by atoms with Gasteiger partial charge in [0.25, 0.3) is 0 Å². The van der Waals surface area contributed by atoms with Crippen molar-refractivity contribution in [2.75, 3.05) is 0 Å². The molecule has 155 valence electrons. The van der Waals surface area contributed by atoms with Crippen molar-refractivity contribution in [3.63, 3.8) is 0 Å². The van der Waals surface area contributed by atoms with Crippen LogP contribution in [0.1, 0.15) is 15.3 Å². The van der Waals surface area contributed by atoms with Gasteiger partial charge in [0.1, 0.15) is 0 Å². The maximum absolute atomic E-state index is 2.59. The standard InChI is InChI=1S/2C11H23Si2.Sc.H/c2*1-8-9-11(13(5,6)7)10-12(2,3)4;;/h2*8-9H,1-7H3;;/q;;;-1. The van der Waals surface area contributed by atoms with Gasteiger partial charge in [0.2, 0.25) is 0 Å². The molecule has 0 bridgehead atoms. The zero-order valence-electron chi connectivity index (χ0n) is 21.9. The molecule has 5 heteroatoms. The minimum Gasteiger partial charge on any atom is -1.00 e. The molecule has 0 aromatic heterocycles. The molecule has 0 fully saturated rings. The van der Waals surface area contributed by atoms with Crippen LogP contribution in [-0.4, -0.2) is 32.3 Å². The van der Waals surface area contributed by atoms with Crippen molar-refractivity contribution in [2.24, 2.45) is 0 Å². The summed E-state index contributed by atoms with van der Waals surface area (Å²) >= 11 is -0.619. The zero-order valence-corrected chi connectivity index (χ0v) is 26.7. The summed E-state index contributed by atoms with van der Waals surface area (Å²) in [6, 6.07) is 0. The van der Waals surface area contributed by atoms with Gasteiger partial charge in [0.15, 0.2) is 0 Å². The Labute approximate surface area is 188 Å². The predicted molar refractivity (Wildman–Crippen MR) is 138 cm³/mol. The third-order valence-corrected chi connectivity index (χ3v) is 25.2. The summed E-state index contributed by atoms with van der Waals surface area (Å²) in [5, 5.41) is 3.57. The van der Waals surface area contributed by atoms with Gasteiger partial charge in [-0.1, -0.05) is 0 Å². The van der Waals surface area contributed by atoms with E-state index < -0.39 is 55.2 Å². The minimum absolute atomic E-state index is 0. The summed E-state index contributed by atoms with van der Waals surface area (Å²) in [5.74, 6) is 0. The molecule has 0 saturated heterocycles. The Hall–Kier alpha value is 0.698. The molecule has 0 radical (unpaired) electrons. The summed E-state index contributed by atoms with van der Waals surface area (Å²) in [4.78, 5) is 0. The molecular formula is C22H47ScSi4-. The maximum Gasteiger partial charge on any atom is -1.00 e. The van der Waals surface area contributed by atoms with E-state index in [1.54, 1.807) is 10.4 Å². The molecule has 0 aromatic carbocycles. The summed E-state index contributed by atoms with van der Waals surface area (Å²) < 4.78 is 3.95. The van der Waals surface area contributed by atoms with Crippen LogP contribution in [0.5, 0.6) is 0 Å². The first kappa shape index (κ1) is 27.7. The topological polar surface area (TPSA) is 0 Å². The Balaban J connectivity index is 0. The number of rotatable bonds is 8. The van der Waals surface area contributed by atoms with Crippen molar-refractivity contribution in [1.82, 2.24) is 0 Å². The Morgan fingerprint density at radius 2 is 0.778 bits per heavy atom. The van der Waals surface area contributed by atoms with Crippen molar-refractivity contribution in [2.45, 2.75) is 92.4 Å². The van der Waals surface area contributed by atoms with Gasteiger partial charge in [-0.15, -0.1) is 0 Å². The van der Waals surface area contributed by atoms with Crippen LogP contribution in [0.25, 0.3) is 0 Å². The Morgan fingerprint density at radius 1 is 0.519 bits per heavy atom. The van der Waals surface area contributed by atoms with Crippen LogP contribution in [-0.2, 0) is 22.9 Å². The Kier molecular flexibility index (Phi) is 10.4. The molecule has 0 unspecified atom stereocenters. The molecule has 0 heterocycles. The normalized spacial score (nSPS) is 16.5. The number of allylic oxidation sites excluding steroid dienone is 6. The van der Waals surface area contributed by atoms with Crippen molar-refractivity contribution >= 4 is 32.3 Å². The Morgan fingerprint density at radius 3 is 0.926 bits per heavy atom. The van der Waals surface area contributed by atoms with Crippen molar-refractivity contribution < 1.29 is 24.3 Å². The summed E-state index contributed by atoms with van der Waals surface area (Å²) in [6.45, 7) is 35.2. The van der Waals surface area contributed by atoms with E-state index in [1.807, 2.05) is 5.91 Å². The van der Waals surface area contributed by atoms with E-state index in [9.17, 15) is 0 Å². The predicted octanol–water partition coefficient (Wildman–Crippen LogP) is 8.35. The van der Waals surface area contributed by atoms with E-state index in [0.29, 0.717) is 0 Å². The van der Waals surface area contributed by atoms with Gasteiger partial charge in [-0.05, 0) is 0 Å². The van der Waals surface area contributed by atoms with Crippen LogP contribution in [0.3, 0.4) is 0 Å². The molecule has 0 spiro atoms. The molecule has 0 saturated carbocycles. The van der Waals surface area contributed by atoms with E-state index in [0.717, 1.165) is 0 Å². The van der Waals surface area contributed by atoms with Gasteiger partial charge in [-0.3, -0.25) is 0 Å². The molecule has 0 aromatic rings. The minimum atomic E-state index is -1.35. The van der Waals surface area contributed by atoms with E-state index >= 15 is 0 Å². The molecule has 0 nitrogen and oxygen atoms in total. The quantitative estimate of drug-likeness (QED) is 0.248. The largest absolute Gasteiger partial charge is 1.00 e. The first-order valence-corrected chi connectivity index (χ1v) is 26.3. The van der Waals surface area contributed by atoms with Crippen molar-refractivity contribution in [3.05, 3.63) is 40.6 Å². The SMILES string of the molecule is CC=CC(=[C]([Sc][C](=C(C=CC)[Si](C)(C)C)[Si](C)(C)C)[Si](C)(C)C)[Si](C)(C)C.[H-]. The summed E-state index contributed by atoms with van der Waals surface area (Å²) in [5.41, 5.74) is 0. The summed E-state index contributed by atoms with van der Waals surface area (Å²) in [6.07, 6.45) is 9.61. The fourth-order valence-corrected chi connectivity index (χ4v) is 25.2. The Bertz CT molecular complexity index is 575. The molecule has 0 aliphatic rings. The zero-order chi connectivity index (χ0) is 21.8. The van der Waals surface area contributed by atoms with E-state index in [-0.39, 0.29) is 1.43 Å². The third kappa shape index (κ3) is 8.93. The fourth-order valence-electron chi connectivity index (χ4n) is 3.36. The first-order chi connectivity index (χ1) is 11.9. The van der Waals surface area contributed by atoms with E-state index in [2.05, 4.69) is 117 Å². The molecule has 0 rings (SSSR count). The van der Waals surface area contributed by atoms with Crippen molar-refractivity contribution in [3.8, 4) is 0 Å². The van der Waals surface area contributed by atoms with Gasteiger partial charge in [0, 0.05) is 0 Å². The number of hydrogen-bond acceptors (Lipinski definition) is 0. The van der Waals surface area contributed by atoms with Crippen LogP contribution in [0.15, 0.2) is 40.6 Å². The molecule has 0 N–H and O–H groups in total. The molecule has 0 atom stereocenters. The van der Waals surface area contributed by atoms with Crippen LogP contribution in [0.2, 0.25) is 78.6 Å². The van der Waals surface area contributed by atoms with Crippen molar-refractivity contribution in [1.29, 1.82) is 0 Å². The fraction of sp³-hybridized carbons (Fsp3) is 0.636. The molecule has 27 heavy (non-hydrogen) atoms. The van der Waals surface area contributed by atoms with Gasteiger partial charge >= 0.3 is 188 Å². The molecular weight excluding hydrogens is 422 g/mol. The second-order valence-corrected chi connectivity index (χ2v) is 36.0. The average molecular weight is 469 g/mol. The first-order valence-electron chi connectivity index (χ1n) is 10.5. The summed E-state index contributed by atoms with van der Waals surface area (Å²) in [7, 11) is -5.41. The number of hydrogen-bond donors (Lipinski definition) is 0. The monoisotopic (exact) mass is 468 g/mol. The second-order valence-electron chi connectivity index (χ2n) is 11.8. The van der Waals surface area contributed by atoms with Crippen LogP contribution in [0.4, 0.5) is 0 Å². The molecule has 0 aliphatic carbocycles. The van der Waals surface area contributed by atoms with Crippen LogP contribution in [0, 0.1) is 0 Å². The van der Waals surface area contributed by atoms with E-state index in [4.69, 9.17) is 0 Å². The molecule has 0 aliphatic heterocycles. The van der Waals surface area contributed by atoms with E-state index in [1.165, 1.54) is 0 Å². The smallest absolute Gasteiger partial charge is 1.00 e. The van der Waals surface area contributed by atoms with Crippen LogP contribution >= 0.6 is 0 Å². The molecule has 0 amide bonds. The van der Waals surface area contributed by atoms with Gasteiger partial charge in [-0.25, -0.2) is 0 Å². The van der Waals surface area contributed by atoms with Gasteiger partial charge in [-0.2, -0.15) is 0 Å². The van der Waals surface area contributed by atoms with Gasteiger partial charge in [0.05, 0.1) is 0 Å². The second kappa shape index (κ2) is 10.1. The van der Waals surface area contributed by atoms with Gasteiger partial charge < -0.3 is 1.43 Å². The third-order valence-electron chi connectivity index (χ3n) is 4.77. The average Bonchev–Trinajstić information content (AvgIpc) is 2.40.